The van der Waals surface area contributed by atoms with Crippen LogP contribution in [0.5, 0.6) is 5.75 Å². The fraction of sp³-hybridized carbons (Fsp3) is 0.519. The first-order chi connectivity index (χ1) is 17.1. The number of benzene rings is 1. The maximum atomic E-state index is 14.1. The summed E-state index contributed by atoms with van der Waals surface area (Å²) in [4.78, 5) is 20.8. The average Bonchev–Trinajstić information content (AvgIpc) is 3.33. The lowest BCUT2D eigenvalue weighted by molar-refractivity contribution is 0.0450. The molecule has 2 fully saturated rings. The molecule has 2 saturated carbocycles. The summed E-state index contributed by atoms with van der Waals surface area (Å²) in [6.45, 7) is 0. The Morgan fingerprint density at radius 2 is 1.60 bits per heavy atom. The van der Waals surface area contributed by atoms with Crippen molar-refractivity contribution in [3.63, 3.8) is 0 Å². The van der Waals surface area contributed by atoms with Crippen LogP contribution in [0.25, 0.3) is 16.9 Å². The zero-order valence-electron chi connectivity index (χ0n) is 20.1. The Morgan fingerprint density at radius 3 is 2.14 bits per heavy atom. The van der Waals surface area contributed by atoms with Gasteiger partial charge in [0.15, 0.2) is 5.65 Å². The number of methoxy groups -OCH3 is 1. The monoisotopic (exact) mass is 482 g/mol. The van der Waals surface area contributed by atoms with Crippen LogP contribution in [0.15, 0.2) is 36.5 Å². The van der Waals surface area contributed by atoms with Gasteiger partial charge in [-0.1, -0.05) is 38.5 Å². The molecule has 35 heavy (non-hydrogen) atoms. The Labute approximate surface area is 204 Å². The predicted octanol–water partition coefficient (Wildman–Crippen LogP) is 6.45. The van der Waals surface area contributed by atoms with Gasteiger partial charge < -0.3 is 9.64 Å². The Hall–Kier alpha value is -3.03. The molecule has 5 rings (SSSR count). The number of hydrogen-bond donors (Lipinski definition) is 0. The number of amides is 1. The summed E-state index contributed by atoms with van der Waals surface area (Å²) >= 11 is 0. The minimum atomic E-state index is -2.76. The second-order valence-electron chi connectivity index (χ2n) is 9.69. The van der Waals surface area contributed by atoms with E-state index in [-0.39, 0.29) is 29.3 Å². The van der Waals surface area contributed by atoms with Gasteiger partial charge in [0.1, 0.15) is 17.0 Å². The summed E-state index contributed by atoms with van der Waals surface area (Å²) in [5.74, 6) is 0.540. The standard InChI is InChI=1S/C27H32F2N4O2/c1-35-21-14-12-18(13-15-21)23-16-24(25(28)29)33-26(31-23)22(17-30-33)27(34)32(19-8-4-2-5-9-19)20-10-6-3-7-11-20/h12-17,19-20,25H,2-11H2,1H3. The van der Waals surface area contributed by atoms with Gasteiger partial charge in [0, 0.05) is 17.6 Å². The van der Waals surface area contributed by atoms with Crippen LogP contribution >= 0.6 is 0 Å². The first-order valence-corrected chi connectivity index (χ1v) is 12.7. The molecule has 186 valence electrons. The topological polar surface area (TPSA) is 59.7 Å². The smallest absolute Gasteiger partial charge is 0.280 e. The van der Waals surface area contributed by atoms with E-state index in [4.69, 9.17) is 4.74 Å². The number of ether oxygens (including phenoxy) is 1. The third-order valence-electron chi connectivity index (χ3n) is 7.51. The zero-order valence-corrected chi connectivity index (χ0v) is 20.1. The van der Waals surface area contributed by atoms with Crippen LogP contribution in [0.3, 0.4) is 0 Å². The second kappa shape index (κ2) is 10.3. The summed E-state index contributed by atoms with van der Waals surface area (Å²) < 4.78 is 34.5. The molecule has 8 heteroatoms. The highest BCUT2D eigenvalue weighted by Gasteiger charge is 2.35. The highest BCUT2D eigenvalue weighted by Crippen LogP contribution is 2.33. The quantitative estimate of drug-likeness (QED) is 0.405. The fourth-order valence-corrected chi connectivity index (χ4v) is 5.69. The molecule has 1 amide bonds. The number of carbonyl (C=O) groups is 1. The van der Waals surface area contributed by atoms with Gasteiger partial charge in [-0.3, -0.25) is 4.79 Å². The van der Waals surface area contributed by atoms with Crippen molar-refractivity contribution in [3.05, 3.63) is 47.8 Å². The van der Waals surface area contributed by atoms with E-state index in [0.29, 0.717) is 22.6 Å². The van der Waals surface area contributed by atoms with Crippen LogP contribution in [0.4, 0.5) is 8.78 Å². The van der Waals surface area contributed by atoms with Crippen molar-refractivity contribution in [2.24, 2.45) is 0 Å². The second-order valence-corrected chi connectivity index (χ2v) is 9.69. The number of halogens is 2. The van der Waals surface area contributed by atoms with E-state index in [1.54, 1.807) is 31.4 Å². The molecule has 0 radical (unpaired) electrons. The third-order valence-corrected chi connectivity index (χ3v) is 7.51. The molecule has 2 aliphatic rings. The number of fused-ring (bicyclic) bond motifs is 1. The number of hydrogen-bond acceptors (Lipinski definition) is 4. The highest BCUT2D eigenvalue weighted by molar-refractivity contribution is 6.00. The van der Waals surface area contributed by atoms with Crippen LogP contribution in [-0.4, -0.2) is 44.6 Å². The van der Waals surface area contributed by atoms with Gasteiger partial charge in [-0.25, -0.2) is 18.3 Å². The molecule has 0 N–H and O–H groups in total. The molecule has 0 atom stereocenters. The number of alkyl halides is 2. The number of rotatable bonds is 6. The molecule has 1 aromatic carbocycles. The van der Waals surface area contributed by atoms with Crippen molar-refractivity contribution in [3.8, 4) is 17.0 Å². The van der Waals surface area contributed by atoms with Crippen molar-refractivity contribution >= 4 is 11.6 Å². The average molecular weight is 483 g/mol. The van der Waals surface area contributed by atoms with Crippen LogP contribution in [0.1, 0.15) is 86.7 Å². The van der Waals surface area contributed by atoms with Crippen LogP contribution in [0.2, 0.25) is 0 Å². The number of nitrogens with zero attached hydrogens (tertiary/aromatic N) is 4. The maximum Gasteiger partial charge on any atom is 0.280 e. The Morgan fingerprint density at radius 1 is 1.00 bits per heavy atom. The number of aromatic nitrogens is 3. The van der Waals surface area contributed by atoms with Crippen LogP contribution in [-0.2, 0) is 0 Å². The van der Waals surface area contributed by atoms with E-state index >= 15 is 0 Å². The number of carbonyl (C=O) groups excluding carboxylic acids is 1. The summed E-state index contributed by atoms with van der Waals surface area (Å²) in [7, 11) is 1.57. The molecule has 6 nitrogen and oxygen atoms in total. The van der Waals surface area contributed by atoms with Gasteiger partial charge in [0.05, 0.1) is 19.0 Å². The lowest BCUT2D eigenvalue weighted by atomic mass is 9.88. The fourth-order valence-electron chi connectivity index (χ4n) is 5.69. The van der Waals surface area contributed by atoms with E-state index in [0.717, 1.165) is 55.9 Å². The molecular formula is C27H32F2N4O2. The molecule has 2 heterocycles. The van der Waals surface area contributed by atoms with Gasteiger partial charge >= 0.3 is 0 Å². The van der Waals surface area contributed by atoms with E-state index in [2.05, 4.69) is 15.0 Å². The van der Waals surface area contributed by atoms with Gasteiger partial charge in [-0.05, 0) is 56.0 Å². The minimum absolute atomic E-state index is 0.126. The molecule has 0 spiro atoms. The van der Waals surface area contributed by atoms with Gasteiger partial charge in [0.25, 0.3) is 12.3 Å². The first kappa shape index (κ1) is 23.7. The molecule has 2 aliphatic carbocycles. The Kier molecular flexibility index (Phi) is 6.97. The van der Waals surface area contributed by atoms with E-state index in [1.807, 2.05) is 0 Å². The van der Waals surface area contributed by atoms with Crippen molar-refractivity contribution in [1.82, 2.24) is 19.5 Å². The molecule has 3 aromatic rings. The lowest BCUT2D eigenvalue weighted by Gasteiger charge is -2.41. The van der Waals surface area contributed by atoms with Crippen molar-refractivity contribution in [1.29, 1.82) is 0 Å². The minimum Gasteiger partial charge on any atom is -0.497 e. The molecule has 0 saturated heterocycles. The molecular weight excluding hydrogens is 450 g/mol. The SMILES string of the molecule is COc1ccc(-c2cc(C(F)F)n3ncc(C(=O)N(C4CCCCC4)C4CCCCC4)c3n2)cc1. The Bertz CT molecular complexity index is 1150. The summed E-state index contributed by atoms with van der Waals surface area (Å²) in [5.41, 5.74) is 1.27. The van der Waals surface area contributed by atoms with E-state index in [9.17, 15) is 13.6 Å². The third kappa shape index (κ3) is 4.75. The van der Waals surface area contributed by atoms with Crippen LogP contribution in [0, 0.1) is 0 Å². The predicted molar refractivity (Wildman–Crippen MR) is 130 cm³/mol. The maximum absolute atomic E-state index is 14.1. The van der Waals surface area contributed by atoms with Gasteiger partial charge in [-0.2, -0.15) is 5.10 Å². The Balaban J connectivity index is 1.58. The van der Waals surface area contributed by atoms with Crippen molar-refractivity contribution < 1.29 is 18.3 Å². The molecule has 0 bridgehead atoms. The summed E-state index contributed by atoms with van der Waals surface area (Å²) in [6, 6.07) is 8.81. The van der Waals surface area contributed by atoms with Crippen molar-refractivity contribution in [2.45, 2.75) is 82.7 Å². The van der Waals surface area contributed by atoms with Crippen LogP contribution < -0.4 is 4.74 Å². The molecule has 0 aliphatic heterocycles. The lowest BCUT2D eigenvalue weighted by Crippen LogP contribution is -2.48. The van der Waals surface area contributed by atoms with Crippen molar-refractivity contribution in [2.75, 3.05) is 7.11 Å². The first-order valence-electron chi connectivity index (χ1n) is 12.7. The zero-order chi connectivity index (χ0) is 24.4. The molecule has 0 unspecified atom stereocenters. The van der Waals surface area contributed by atoms with Gasteiger partial charge in [-0.15, -0.1) is 0 Å². The summed E-state index contributed by atoms with van der Waals surface area (Å²) in [6.07, 6.45) is 9.51. The van der Waals surface area contributed by atoms with Gasteiger partial charge in [0.2, 0.25) is 0 Å². The molecule has 2 aromatic heterocycles. The highest BCUT2D eigenvalue weighted by atomic mass is 19.3. The van der Waals surface area contributed by atoms with E-state index < -0.39 is 6.43 Å². The summed E-state index contributed by atoms with van der Waals surface area (Å²) in [5, 5.41) is 4.20. The largest absolute Gasteiger partial charge is 0.497 e. The normalized spacial score (nSPS) is 17.7. The van der Waals surface area contributed by atoms with E-state index in [1.165, 1.54) is 25.1 Å².